The number of imidazole rings is 1. The largest absolute Gasteiger partial charge is 0.507 e. The molecule has 5 rings (SSSR count). The van der Waals surface area contributed by atoms with Crippen LogP contribution in [0.2, 0.25) is 0 Å². The Bertz CT molecular complexity index is 992. The van der Waals surface area contributed by atoms with Crippen molar-refractivity contribution in [3.05, 3.63) is 36.9 Å². The van der Waals surface area contributed by atoms with Crippen molar-refractivity contribution in [2.45, 2.75) is 43.6 Å². The first kappa shape index (κ1) is 18.5. The van der Waals surface area contributed by atoms with E-state index >= 15 is 0 Å². The van der Waals surface area contributed by atoms with Gasteiger partial charge in [-0.1, -0.05) is 16.4 Å². The minimum absolute atomic E-state index is 0.111. The van der Waals surface area contributed by atoms with Crippen LogP contribution in [0.3, 0.4) is 0 Å². The van der Waals surface area contributed by atoms with Gasteiger partial charge in [0.15, 0.2) is 5.01 Å². The number of nitrogens with zero attached hydrogens (tertiary/aromatic N) is 5. The van der Waals surface area contributed by atoms with Gasteiger partial charge in [0.2, 0.25) is 0 Å². The van der Waals surface area contributed by atoms with E-state index in [1.165, 1.54) is 11.3 Å². The number of aromatic hydroxyl groups is 1. The van der Waals surface area contributed by atoms with Crippen LogP contribution in [-0.4, -0.2) is 68.2 Å². The van der Waals surface area contributed by atoms with Gasteiger partial charge < -0.3 is 19.1 Å². The Morgan fingerprint density at radius 2 is 2.10 bits per heavy atom. The highest BCUT2D eigenvalue weighted by molar-refractivity contribution is 7.16. The van der Waals surface area contributed by atoms with Gasteiger partial charge in [0.25, 0.3) is 5.19 Å². The van der Waals surface area contributed by atoms with Crippen molar-refractivity contribution in [1.82, 2.24) is 24.6 Å². The van der Waals surface area contributed by atoms with Gasteiger partial charge in [-0.3, -0.25) is 4.90 Å². The second-order valence-corrected chi connectivity index (χ2v) is 8.59. The number of methoxy groups -OCH3 is 1. The number of fused-ring (bicyclic) bond motifs is 2. The summed E-state index contributed by atoms with van der Waals surface area (Å²) in [6, 6.07) is 6.32. The molecule has 3 aromatic rings. The number of ether oxygens (including phenoxy) is 2. The monoisotopic (exact) mass is 413 g/mol. The van der Waals surface area contributed by atoms with Crippen molar-refractivity contribution in [3.63, 3.8) is 0 Å². The van der Waals surface area contributed by atoms with Crippen molar-refractivity contribution in [3.8, 4) is 27.2 Å². The molecule has 1 aromatic carbocycles. The van der Waals surface area contributed by atoms with Gasteiger partial charge in [-0.2, -0.15) is 0 Å². The smallest absolute Gasteiger partial charge is 0.294 e. The predicted octanol–water partition coefficient (Wildman–Crippen LogP) is 2.73. The molecular weight excluding hydrogens is 390 g/mol. The van der Waals surface area contributed by atoms with Crippen LogP contribution < -0.4 is 4.74 Å². The Morgan fingerprint density at radius 1 is 1.21 bits per heavy atom. The van der Waals surface area contributed by atoms with Gasteiger partial charge in [0, 0.05) is 50.5 Å². The van der Waals surface area contributed by atoms with Crippen LogP contribution in [0.4, 0.5) is 0 Å². The van der Waals surface area contributed by atoms with E-state index in [9.17, 15) is 5.11 Å². The van der Waals surface area contributed by atoms with E-state index in [-0.39, 0.29) is 18.0 Å². The maximum absolute atomic E-state index is 10.5. The number of aromatic nitrogens is 4. The van der Waals surface area contributed by atoms with Gasteiger partial charge in [-0.05, 0) is 25.6 Å². The average molecular weight is 414 g/mol. The van der Waals surface area contributed by atoms with Crippen molar-refractivity contribution >= 4 is 11.3 Å². The predicted molar refractivity (Wildman–Crippen MR) is 109 cm³/mol. The molecule has 2 bridgehead atoms. The molecule has 0 spiro atoms. The Balaban J connectivity index is 1.30. The highest BCUT2D eigenvalue weighted by Gasteiger charge is 2.46. The molecular formula is C20H23N5O3S. The Morgan fingerprint density at radius 3 is 2.86 bits per heavy atom. The summed E-state index contributed by atoms with van der Waals surface area (Å²) < 4.78 is 13.7. The molecule has 1 N–H and O–H groups in total. The summed E-state index contributed by atoms with van der Waals surface area (Å²) in [4.78, 5) is 6.45. The maximum atomic E-state index is 10.5. The molecule has 2 unspecified atom stereocenters. The Labute approximate surface area is 172 Å². The fraction of sp³-hybridized carbons (Fsp3) is 0.450. The van der Waals surface area contributed by atoms with E-state index in [4.69, 9.17) is 9.47 Å². The molecule has 0 radical (unpaired) electrons. The highest BCUT2D eigenvalue weighted by atomic mass is 32.1. The minimum atomic E-state index is 0.111. The molecule has 9 heteroatoms. The van der Waals surface area contributed by atoms with Crippen LogP contribution in [0.5, 0.6) is 10.9 Å². The number of phenols is 1. The van der Waals surface area contributed by atoms with E-state index in [0.717, 1.165) is 24.9 Å². The maximum Gasteiger partial charge on any atom is 0.294 e. The van der Waals surface area contributed by atoms with E-state index < -0.39 is 0 Å². The molecule has 0 saturated carbocycles. The second kappa shape index (κ2) is 7.40. The number of hydrogen-bond acceptors (Lipinski definition) is 8. The van der Waals surface area contributed by atoms with Crippen LogP contribution in [0, 0.1) is 0 Å². The van der Waals surface area contributed by atoms with E-state index in [2.05, 4.69) is 27.1 Å². The summed E-state index contributed by atoms with van der Waals surface area (Å²) in [5.74, 6) is 0.152. The summed E-state index contributed by atoms with van der Waals surface area (Å²) >= 11 is 1.36. The molecule has 8 nitrogen and oxygen atoms in total. The Kier molecular flexibility index (Phi) is 4.73. The van der Waals surface area contributed by atoms with Crippen molar-refractivity contribution in [2.24, 2.45) is 0 Å². The zero-order chi connectivity index (χ0) is 20.0. The average Bonchev–Trinajstić information content (AvgIpc) is 3.43. The van der Waals surface area contributed by atoms with Crippen molar-refractivity contribution in [2.75, 3.05) is 14.2 Å². The van der Waals surface area contributed by atoms with E-state index in [1.54, 1.807) is 25.7 Å². The highest BCUT2D eigenvalue weighted by Crippen LogP contribution is 2.39. The second-order valence-electron chi connectivity index (χ2n) is 7.65. The van der Waals surface area contributed by atoms with Gasteiger partial charge in [-0.15, -0.1) is 5.10 Å². The van der Waals surface area contributed by atoms with Crippen LogP contribution in [-0.2, 0) is 4.74 Å². The molecule has 2 aliphatic heterocycles. The van der Waals surface area contributed by atoms with Crippen LogP contribution in [0.15, 0.2) is 36.9 Å². The first-order valence-electron chi connectivity index (χ1n) is 9.69. The van der Waals surface area contributed by atoms with Crippen LogP contribution in [0.25, 0.3) is 16.3 Å². The van der Waals surface area contributed by atoms with Crippen molar-refractivity contribution in [1.29, 1.82) is 0 Å². The van der Waals surface area contributed by atoms with Gasteiger partial charge in [-0.25, -0.2) is 4.98 Å². The zero-order valence-electron chi connectivity index (χ0n) is 16.3. The van der Waals surface area contributed by atoms with Gasteiger partial charge >= 0.3 is 0 Å². The van der Waals surface area contributed by atoms with Gasteiger partial charge in [0.1, 0.15) is 11.9 Å². The van der Waals surface area contributed by atoms with Gasteiger partial charge in [0.05, 0.1) is 23.7 Å². The lowest BCUT2D eigenvalue weighted by Gasteiger charge is -2.36. The van der Waals surface area contributed by atoms with Crippen LogP contribution >= 0.6 is 11.3 Å². The topological polar surface area (TPSA) is 85.5 Å². The van der Waals surface area contributed by atoms with Crippen LogP contribution in [0.1, 0.15) is 19.3 Å². The number of rotatable bonds is 5. The molecule has 29 heavy (non-hydrogen) atoms. The fourth-order valence-electron chi connectivity index (χ4n) is 4.51. The lowest BCUT2D eigenvalue weighted by molar-refractivity contribution is 0.0238. The Hall–Kier alpha value is -2.49. The molecule has 4 atom stereocenters. The number of benzene rings is 1. The molecule has 4 heterocycles. The normalized spacial score (nSPS) is 26.7. The molecule has 0 amide bonds. The first-order valence-corrected chi connectivity index (χ1v) is 10.5. The summed E-state index contributed by atoms with van der Waals surface area (Å²) in [6.07, 6.45) is 8.54. The molecule has 0 aliphatic carbocycles. The standard InChI is InChI=1S/C20H23N5O3S/c1-24-13-7-14(10-16(24)18(9-13)27-2)28-20-23-22-19(29-20)15-4-3-12(8-17(15)26)25-6-5-21-11-25/h3-6,8,11,13-14,16,18,26H,7,9-10H2,1-2H3/t13?,14-,16?,18+/m0/s1. The number of piperidine rings is 1. The zero-order valence-corrected chi connectivity index (χ0v) is 17.1. The lowest BCUT2D eigenvalue weighted by atomic mass is 10.0. The third kappa shape index (κ3) is 3.39. The summed E-state index contributed by atoms with van der Waals surface area (Å²) in [6.45, 7) is 0. The number of hydrogen-bond donors (Lipinski definition) is 1. The minimum Gasteiger partial charge on any atom is -0.507 e. The molecule has 2 aliphatic rings. The molecule has 2 aromatic heterocycles. The summed E-state index contributed by atoms with van der Waals surface area (Å²) in [7, 11) is 3.96. The molecule has 152 valence electrons. The molecule has 2 fully saturated rings. The first-order chi connectivity index (χ1) is 14.1. The molecule has 2 saturated heterocycles. The third-order valence-corrected chi connectivity index (χ3v) is 6.91. The lowest BCUT2D eigenvalue weighted by Crippen LogP contribution is -2.46. The fourth-order valence-corrected chi connectivity index (χ4v) is 5.30. The SMILES string of the molecule is CO[C@@H]1CC2C[C@H](Oc3nnc(-c4ccc(-n5ccnc5)cc4O)s3)CC1N2C. The number of likely N-dealkylation sites (N-methyl/N-ethyl adjacent to an activating group) is 1. The van der Waals surface area contributed by atoms with E-state index in [1.807, 2.05) is 22.9 Å². The third-order valence-electron chi connectivity index (χ3n) is 6.06. The quantitative estimate of drug-likeness (QED) is 0.688. The van der Waals surface area contributed by atoms with E-state index in [0.29, 0.717) is 27.8 Å². The summed E-state index contributed by atoms with van der Waals surface area (Å²) in [5.41, 5.74) is 1.48. The van der Waals surface area contributed by atoms with Crippen molar-refractivity contribution < 1.29 is 14.6 Å². The summed E-state index contributed by atoms with van der Waals surface area (Å²) in [5, 5.41) is 20.1. The number of phenolic OH excluding ortho intramolecular Hbond substituents is 1.